The molecule has 4 N–H and O–H groups in total. The molecule has 8 heteroatoms. The van der Waals surface area contributed by atoms with Gasteiger partial charge in [-0.15, -0.1) is 0 Å². The van der Waals surface area contributed by atoms with Crippen molar-refractivity contribution in [3.8, 4) is 23.0 Å². The van der Waals surface area contributed by atoms with Gasteiger partial charge in [0.2, 0.25) is 0 Å². The van der Waals surface area contributed by atoms with Crippen LogP contribution in [0.1, 0.15) is 34.5 Å². The van der Waals surface area contributed by atoms with E-state index >= 15 is 0 Å². The fraction of sp³-hybridized carbons (Fsp3) is 0.294. The number of ether oxygens (including phenoxy) is 4. The van der Waals surface area contributed by atoms with Gasteiger partial charge in [-0.3, -0.25) is 0 Å². The summed E-state index contributed by atoms with van der Waals surface area (Å²) in [6.45, 7) is -0.270. The zero-order valence-corrected chi connectivity index (χ0v) is 23.8. The lowest BCUT2D eigenvalue weighted by molar-refractivity contribution is -0.0425. The molecule has 0 unspecified atom stereocenters. The van der Waals surface area contributed by atoms with Crippen molar-refractivity contribution >= 4 is 0 Å². The maximum atomic E-state index is 11.3. The summed E-state index contributed by atoms with van der Waals surface area (Å²) in [7, 11) is 3.01. The first-order chi connectivity index (χ1) is 20.5. The normalized spacial score (nSPS) is 14.0. The van der Waals surface area contributed by atoms with Crippen molar-refractivity contribution in [3.05, 3.63) is 119 Å². The molecule has 8 nitrogen and oxygen atoms in total. The molecule has 0 radical (unpaired) electrons. The van der Waals surface area contributed by atoms with Crippen LogP contribution in [0.3, 0.4) is 0 Å². The van der Waals surface area contributed by atoms with E-state index in [0.29, 0.717) is 47.3 Å². The van der Waals surface area contributed by atoms with Crippen LogP contribution in [0.25, 0.3) is 0 Å². The molecule has 0 aromatic heterocycles. The highest BCUT2D eigenvalue weighted by molar-refractivity contribution is 5.45. The zero-order chi connectivity index (χ0) is 29.9. The van der Waals surface area contributed by atoms with Crippen LogP contribution in [0, 0.1) is 11.8 Å². The van der Waals surface area contributed by atoms with Gasteiger partial charge in [0.25, 0.3) is 0 Å². The van der Waals surface area contributed by atoms with Crippen LogP contribution in [0.2, 0.25) is 0 Å². The van der Waals surface area contributed by atoms with Gasteiger partial charge in [-0.1, -0.05) is 72.8 Å². The molecule has 4 rings (SSSR count). The van der Waals surface area contributed by atoms with E-state index in [1.807, 2.05) is 60.7 Å². The summed E-state index contributed by atoms with van der Waals surface area (Å²) in [6, 6.07) is 29.4. The number of benzene rings is 4. The first-order valence-electron chi connectivity index (χ1n) is 13.8. The third-order valence-electron chi connectivity index (χ3n) is 7.32. The minimum absolute atomic E-state index is 0.344. The summed E-state index contributed by atoms with van der Waals surface area (Å²) in [4.78, 5) is 0. The van der Waals surface area contributed by atoms with Crippen molar-refractivity contribution in [3.63, 3.8) is 0 Å². The first-order valence-corrected chi connectivity index (χ1v) is 13.8. The molecule has 4 aromatic carbocycles. The second-order valence-corrected chi connectivity index (χ2v) is 9.95. The smallest absolute Gasteiger partial charge is 0.161 e. The summed E-state index contributed by atoms with van der Waals surface area (Å²) < 4.78 is 22.8. The van der Waals surface area contributed by atoms with Crippen molar-refractivity contribution in [2.24, 2.45) is 11.8 Å². The van der Waals surface area contributed by atoms with Crippen LogP contribution in [-0.2, 0) is 13.2 Å². The maximum Gasteiger partial charge on any atom is 0.161 e. The Morgan fingerprint density at radius 3 is 1.24 bits per heavy atom. The predicted molar refractivity (Wildman–Crippen MR) is 159 cm³/mol. The fourth-order valence-electron chi connectivity index (χ4n) is 4.88. The standard InChI is InChI=1S/C34H38O8/c1-39-31-17-25(13-15-29(31)41-21-23-9-5-3-6-10-23)33(37)27(19-35)28(20-36)34(38)26-14-16-30(32(18-26)40-2)42-22-24-11-7-4-8-12-24/h3-18,27-28,33-38H,19-22H2,1-2H3/t27-,28-,33+,34+/m1/s1. The van der Waals surface area contributed by atoms with Gasteiger partial charge < -0.3 is 39.4 Å². The van der Waals surface area contributed by atoms with E-state index in [-0.39, 0.29) is 0 Å². The molecule has 0 aliphatic rings. The highest BCUT2D eigenvalue weighted by Crippen LogP contribution is 2.40. The summed E-state index contributed by atoms with van der Waals surface area (Å²) in [6.07, 6.45) is -2.43. The van der Waals surface area contributed by atoms with Gasteiger partial charge in [-0.2, -0.15) is 0 Å². The Morgan fingerprint density at radius 1 is 0.524 bits per heavy atom. The lowest BCUT2D eigenvalue weighted by Gasteiger charge is -2.32. The van der Waals surface area contributed by atoms with Gasteiger partial charge in [0, 0.05) is 25.0 Å². The van der Waals surface area contributed by atoms with Gasteiger partial charge in [-0.05, 0) is 46.5 Å². The van der Waals surface area contributed by atoms with Gasteiger partial charge in [-0.25, -0.2) is 0 Å². The van der Waals surface area contributed by atoms with Crippen LogP contribution >= 0.6 is 0 Å². The highest BCUT2D eigenvalue weighted by atomic mass is 16.5. The molecule has 0 spiro atoms. The minimum atomic E-state index is -1.21. The SMILES string of the molecule is COc1cc([C@H](O)[C@H](CO)[C@@H](CO)[C@@H](O)c2ccc(OCc3ccccc3)c(OC)c2)ccc1OCc1ccccc1. The molecule has 222 valence electrons. The van der Waals surface area contributed by atoms with Crippen LogP contribution in [0.5, 0.6) is 23.0 Å². The average Bonchev–Trinajstić information content (AvgIpc) is 3.05. The van der Waals surface area contributed by atoms with Gasteiger partial charge in [0.05, 0.1) is 26.4 Å². The molecule has 4 atom stereocenters. The summed E-state index contributed by atoms with van der Waals surface area (Å²) in [5, 5.41) is 43.2. The van der Waals surface area contributed by atoms with Crippen LogP contribution in [0.4, 0.5) is 0 Å². The molecule has 0 saturated carbocycles. The first kappa shape index (κ1) is 30.9. The van der Waals surface area contributed by atoms with E-state index in [2.05, 4.69) is 0 Å². The number of hydrogen-bond acceptors (Lipinski definition) is 8. The fourth-order valence-corrected chi connectivity index (χ4v) is 4.88. The summed E-state index contributed by atoms with van der Waals surface area (Å²) >= 11 is 0. The largest absolute Gasteiger partial charge is 0.493 e. The molecular weight excluding hydrogens is 536 g/mol. The Labute approximate surface area is 246 Å². The molecule has 0 saturated heterocycles. The number of aliphatic hydroxyl groups is 4. The molecule has 0 aliphatic carbocycles. The van der Waals surface area contributed by atoms with Crippen LogP contribution < -0.4 is 18.9 Å². The van der Waals surface area contributed by atoms with Crippen molar-refractivity contribution < 1.29 is 39.4 Å². The second kappa shape index (κ2) is 15.2. The monoisotopic (exact) mass is 574 g/mol. The van der Waals surface area contributed by atoms with E-state index in [1.165, 1.54) is 14.2 Å². The molecule has 0 aliphatic heterocycles. The Bertz CT molecular complexity index is 1270. The number of methoxy groups -OCH3 is 2. The Balaban J connectivity index is 1.49. The molecule has 0 heterocycles. The van der Waals surface area contributed by atoms with E-state index < -0.39 is 37.3 Å². The van der Waals surface area contributed by atoms with E-state index in [4.69, 9.17) is 18.9 Å². The van der Waals surface area contributed by atoms with Gasteiger partial charge in [0.15, 0.2) is 23.0 Å². The minimum Gasteiger partial charge on any atom is -0.493 e. The van der Waals surface area contributed by atoms with Crippen molar-refractivity contribution in [1.82, 2.24) is 0 Å². The molecule has 0 bridgehead atoms. The van der Waals surface area contributed by atoms with Gasteiger partial charge in [0.1, 0.15) is 13.2 Å². The number of aliphatic hydroxyl groups excluding tert-OH is 4. The van der Waals surface area contributed by atoms with Gasteiger partial charge >= 0.3 is 0 Å². The number of hydrogen-bond donors (Lipinski definition) is 4. The number of rotatable bonds is 15. The van der Waals surface area contributed by atoms with E-state index in [0.717, 1.165) is 11.1 Å². The second-order valence-electron chi connectivity index (χ2n) is 9.95. The van der Waals surface area contributed by atoms with Crippen LogP contribution in [-0.4, -0.2) is 47.9 Å². The van der Waals surface area contributed by atoms with E-state index in [9.17, 15) is 20.4 Å². The Morgan fingerprint density at radius 2 is 0.905 bits per heavy atom. The lowest BCUT2D eigenvalue weighted by atomic mass is 9.80. The molecule has 42 heavy (non-hydrogen) atoms. The van der Waals surface area contributed by atoms with E-state index in [1.54, 1.807) is 36.4 Å². The van der Waals surface area contributed by atoms with Crippen molar-refractivity contribution in [2.75, 3.05) is 27.4 Å². The van der Waals surface area contributed by atoms with Crippen molar-refractivity contribution in [1.29, 1.82) is 0 Å². The molecule has 0 amide bonds. The predicted octanol–water partition coefficient (Wildman–Crippen LogP) is 4.85. The lowest BCUT2D eigenvalue weighted by Crippen LogP contribution is -2.32. The Hall–Kier alpha value is -4.08. The third-order valence-corrected chi connectivity index (χ3v) is 7.32. The maximum absolute atomic E-state index is 11.3. The topological polar surface area (TPSA) is 118 Å². The summed E-state index contributed by atoms with van der Waals surface area (Å²) in [5.41, 5.74) is 2.89. The molecular formula is C34H38O8. The Kier molecular flexibility index (Phi) is 11.2. The molecule has 0 fully saturated rings. The average molecular weight is 575 g/mol. The van der Waals surface area contributed by atoms with Crippen LogP contribution in [0.15, 0.2) is 97.1 Å². The summed E-state index contributed by atoms with van der Waals surface area (Å²) in [5.74, 6) is 0.0281. The quantitative estimate of drug-likeness (QED) is 0.159. The highest BCUT2D eigenvalue weighted by Gasteiger charge is 2.35. The molecule has 4 aromatic rings. The third kappa shape index (κ3) is 7.60. The zero-order valence-electron chi connectivity index (χ0n) is 23.8. The van der Waals surface area contributed by atoms with Crippen molar-refractivity contribution in [2.45, 2.75) is 25.4 Å².